The Labute approximate surface area is 79.4 Å². The van der Waals surface area contributed by atoms with Crippen LogP contribution in [0.4, 0.5) is 0 Å². The lowest BCUT2D eigenvalue weighted by molar-refractivity contribution is -0.0494. The van der Waals surface area contributed by atoms with E-state index in [0.29, 0.717) is 5.92 Å². The molecule has 1 saturated carbocycles. The van der Waals surface area contributed by atoms with Gasteiger partial charge in [-0.05, 0) is 18.8 Å². The van der Waals surface area contributed by atoms with E-state index in [4.69, 9.17) is 0 Å². The normalized spacial score (nSPS) is 20.5. The van der Waals surface area contributed by atoms with Crippen molar-refractivity contribution < 1.29 is 15.3 Å². The smallest absolute Gasteiger partial charge is 0.0534 e. The average molecular weight is 188 g/mol. The van der Waals surface area contributed by atoms with Gasteiger partial charge < -0.3 is 15.3 Å². The standard InChI is InChI=1S/C10H20O3/c11-6-10(7-12,8-13)9-4-2-1-3-5-9/h9,11-13H,1-8H2. The van der Waals surface area contributed by atoms with Gasteiger partial charge in [-0.25, -0.2) is 0 Å². The van der Waals surface area contributed by atoms with Gasteiger partial charge in [0.25, 0.3) is 0 Å². The molecule has 0 radical (unpaired) electrons. The molecule has 0 unspecified atom stereocenters. The molecule has 3 heteroatoms. The largest absolute Gasteiger partial charge is 0.396 e. The van der Waals surface area contributed by atoms with Crippen LogP contribution >= 0.6 is 0 Å². The molecular weight excluding hydrogens is 168 g/mol. The predicted octanol–water partition coefficient (Wildman–Crippen LogP) is 0.530. The molecule has 0 spiro atoms. The minimum absolute atomic E-state index is 0.106. The second-order valence-electron chi connectivity index (χ2n) is 4.17. The second kappa shape index (κ2) is 4.94. The van der Waals surface area contributed by atoms with Crippen LogP contribution in [0.15, 0.2) is 0 Å². The maximum absolute atomic E-state index is 9.21. The highest BCUT2D eigenvalue weighted by atomic mass is 16.3. The first-order valence-electron chi connectivity index (χ1n) is 5.11. The molecule has 0 saturated heterocycles. The highest BCUT2D eigenvalue weighted by Gasteiger charge is 2.37. The van der Waals surface area contributed by atoms with Crippen molar-refractivity contribution in [1.82, 2.24) is 0 Å². The third-order valence-electron chi connectivity index (χ3n) is 3.42. The number of aliphatic hydroxyl groups is 3. The molecule has 0 aliphatic heterocycles. The fourth-order valence-corrected chi connectivity index (χ4v) is 2.25. The molecule has 3 N–H and O–H groups in total. The highest BCUT2D eigenvalue weighted by molar-refractivity contribution is 4.86. The Morgan fingerprint density at radius 2 is 1.31 bits per heavy atom. The van der Waals surface area contributed by atoms with Gasteiger partial charge in [-0.1, -0.05) is 19.3 Å². The number of hydrogen-bond acceptors (Lipinski definition) is 3. The zero-order chi connectivity index (χ0) is 9.73. The minimum atomic E-state index is -0.638. The molecule has 0 amide bonds. The summed E-state index contributed by atoms with van der Waals surface area (Å²) in [5.74, 6) is 0.293. The third kappa shape index (κ3) is 2.22. The van der Waals surface area contributed by atoms with Crippen molar-refractivity contribution in [3.05, 3.63) is 0 Å². The first-order chi connectivity index (χ1) is 6.29. The van der Waals surface area contributed by atoms with Gasteiger partial charge in [0.1, 0.15) is 0 Å². The zero-order valence-corrected chi connectivity index (χ0v) is 8.08. The summed E-state index contributed by atoms with van der Waals surface area (Å²) in [4.78, 5) is 0. The van der Waals surface area contributed by atoms with E-state index >= 15 is 0 Å². The summed E-state index contributed by atoms with van der Waals surface area (Å²) in [7, 11) is 0. The van der Waals surface area contributed by atoms with Gasteiger partial charge in [0.05, 0.1) is 19.8 Å². The molecule has 78 valence electrons. The molecule has 0 bridgehead atoms. The Balaban J connectivity index is 2.60. The summed E-state index contributed by atoms with van der Waals surface area (Å²) in [6.07, 6.45) is 5.62. The van der Waals surface area contributed by atoms with Crippen molar-refractivity contribution in [1.29, 1.82) is 0 Å². The lowest BCUT2D eigenvalue weighted by Gasteiger charge is -2.38. The van der Waals surface area contributed by atoms with E-state index in [2.05, 4.69) is 0 Å². The monoisotopic (exact) mass is 188 g/mol. The van der Waals surface area contributed by atoms with Crippen LogP contribution in [0.5, 0.6) is 0 Å². The van der Waals surface area contributed by atoms with Gasteiger partial charge in [0.15, 0.2) is 0 Å². The van der Waals surface area contributed by atoms with Crippen molar-refractivity contribution in [3.8, 4) is 0 Å². The third-order valence-corrected chi connectivity index (χ3v) is 3.42. The molecular formula is C10H20O3. The van der Waals surface area contributed by atoms with Crippen LogP contribution in [0.3, 0.4) is 0 Å². The van der Waals surface area contributed by atoms with E-state index in [0.717, 1.165) is 25.7 Å². The summed E-state index contributed by atoms with van der Waals surface area (Å²) < 4.78 is 0. The first kappa shape index (κ1) is 11.0. The Hall–Kier alpha value is -0.120. The van der Waals surface area contributed by atoms with Crippen LogP contribution in [0.1, 0.15) is 32.1 Å². The van der Waals surface area contributed by atoms with E-state index in [9.17, 15) is 15.3 Å². The van der Waals surface area contributed by atoms with E-state index in [1.54, 1.807) is 0 Å². The molecule has 0 aromatic rings. The Morgan fingerprint density at radius 1 is 0.846 bits per heavy atom. The Kier molecular flexibility index (Phi) is 4.16. The van der Waals surface area contributed by atoms with Crippen molar-refractivity contribution in [3.63, 3.8) is 0 Å². The van der Waals surface area contributed by atoms with Crippen LogP contribution in [-0.2, 0) is 0 Å². The topological polar surface area (TPSA) is 60.7 Å². The van der Waals surface area contributed by atoms with Gasteiger partial charge in [-0.2, -0.15) is 0 Å². The zero-order valence-electron chi connectivity index (χ0n) is 8.08. The maximum Gasteiger partial charge on any atom is 0.0534 e. The number of hydrogen-bond donors (Lipinski definition) is 3. The molecule has 13 heavy (non-hydrogen) atoms. The van der Waals surface area contributed by atoms with Crippen molar-refractivity contribution in [2.24, 2.45) is 11.3 Å². The van der Waals surface area contributed by atoms with Crippen molar-refractivity contribution in [2.45, 2.75) is 32.1 Å². The second-order valence-corrected chi connectivity index (χ2v) is 4.17. The quantitative estimate of drug-likeness (QED) is 0.603. The lowest BCUT2D eigenvalue weighted by Crippen LogP contribution is -2.42. The van der Waals surface area contributed by atoms with E-state index in [1.165, 1.54) is 6.42 Å². The molecule has 1 aliphatic carbocycles. The molecule has 1 fully saturated rings. The fourth-order valence-electron chi connectivity index (χ4n) is 2.25. The maximum atomic E-state index is 9.21. The van der Waals surface area contributed by atoms with Crippen LogP contribution in [0.25, 0.3) is 0 Å². The van der Waals surface area contributed by atoms with Crippen LogP contribution in [0, 0.1) is 11.3 Å². The summed E-state index contributed by atoms with van der Waals surface area (Å²) in [5, 5.41) is 27.6. The Morgan fingerprint density at radius 3 is 1.69 bits per heavy atom. The SMILES string of the molecule is OCC(CO)(CO)C1CCCCC1. The predicted molar refractivity (Wildman–Crippen MR) is 50.3 cm³/mol. The molecule has 3 nitrogen and oxygen atoms in total. The molecule has 1 rings (SSSR count). The summed E-state index contributed by atoms with van der Waals surface area (Å²) in [6.45, 7) is -0.319. The molecule has 1 aliphatic rings. The minimum Gasteiger partial charge on any atom is -0.396 e. The Bertz CT molecular complexity index is 129. The van der Waals surface area contributed by atoms with Gasteiger partial charge in [-0.3, -0.25) is 0 Å². The van der Waals surface area contributed by atoms with Gasteiger partial charge in [0.2, 0.25) is 0 Å². The van der Waals surface area contributed by atoms with E-state index < -0.39 is 5.41 Å². The van der Waals surface area contributed by atoms with Crippen LogP contribution in [-0.4, -0.2) is 35.1 Å². The molecule has 0 aromatic carbocycles. The number of rotatable bonds is 4. The fraction of sp³-hybridized carbons (Fsp3) is 1.00. The summed E-state index contributed by atoms with van der Waals surface area (Å²) in [5.41, 5.74) is -0.638. The van der Waals surface area contributed by atoms with E-state index in [-0.39, 0.29) is 19.8 Å². The summed E-state index contributed by atoms with van der Waals surface area (Å²) >= 11 is 0. The van der Waals surface area contributed by atoms with Gasteiger partial charge in [0, 0.05) is 5.41 Å². The van der Waals surface area contributed by atoms with Crippen molar-refractivity contribution in [2.75, 3.05) is 19.8 Å². The van der Waals surface area contributed by atoms with Crippen LogP contribution < -0.4 is 0 Å². The summed E-state index contributed by atoms with van der Waals surface area (Å²) in [6, 6.07) is 0. The van der Waals surface area contributed by atoms with Crippen molar-refractivity contribution >= 4 is 0 Å². The first-order valence-corrected chi connectivity index (χ1v) is 5.11. The molecule has 0 aromatic heterocycles. The van der Waals surface area contributed by atoms with Gasteiger partial charge in [-0.15, -0.1) is 0 Å². The number of aliphatic hydroxyl groups excluding tert-OH is 3. The average Bonchev–Trinajstić information content (AvgIpc) is 2.23. The van der Waals surface area contributed by atoms with Gasteiger partial charge >= 0.3 is 0 Å². The highest BCUT2D eigenvalue weighted by Crippen LogP contribution is 2.37. The van der Waals surface area contributed by atoms with Crippen LogP contribution in [0.2, 0.25) is 0 Å². The van der Waals surface area contributed by atoms with E-state index in [1.807, 2.05) is 0 Å². The lowest BCUT2D eigenvalue weighted by atomic mass is 9.70. The molecule has 0 atom stereocenters. The molecule has 0 heterocycles.